The van der Waals surface area contributed by atoms with Gasteiger partial charge in [0.1, 0.15) is 6.23 Å². The molecule has 1 atom stereocenters. The van der Waals surface area contributed by atoms with Gasteiger partial charge in [-0.1, -0.05) is 0 Å². The molecule has 1 N–H and O–H groups in total. The number of aliphatic hydroxyl groups excluding tert-OH is 1. The molecule has 0 aliphatic carbocycles. The van der Waals surface area contributed by atoms with Crippen molar-refractivity contribution in [1.82, 2.24) is 9.78 Å². The number of rotatable bonds is 2. The highest BCUT2D eigenvalue weighted by Gasteiger charge is 2.11. The lowest BCUT2D eigenvalue weighted by Crippen LogP contribution is -2.05. The zero-order chi connectivity index (χ0) is 11.0. The first-order chi connectivity index (χ1) is 7.09. The first-order valence-corrected chi connectivity index (χ1v) is 4.39. The highest BCUT2D eigenvalue weighted by atomic mass is 16.6. The Hall–Kier alpha value is -1.95. The summed E-state index contributed by atoms with van der Waals surface area (Å²) in [4.78, 5) is 10.1. The maximum atomic E-state index is 10.6. The Balaban J connectivity index is 2.66. The monoisotopic (exact) mass is 207 g/mol. The van der Waals surface area contributed by atoms with Crippen molar-refractivity contribution in [3.63, 3.8) is 0 Å². The molecule has 15 heavy (non-hydrogen) atoms. The Morgan fingerprint density at radius 2 is 2.33 bits per heavy atom. The Kier molecular flexibility index (Phi) is 2.12. The number of benzene rings is 1. The molecule has 0 aliphatic rings. The molecule has 1 unspecified atom stereocenters. The van der Waals surface area contributed by atoms with E-state index in [0.717, 1.165) is 5.39 Å². The number of hydrogen-bond donors (Lipinski definition) is 1. The number of fused-ring (bicyclic) bond motifs is 1. The van der Waals surface area contributed by atoms with Gasteiger partial charge in [0.25, 0.3) is 5.69 Å². The van der Waals surface area contributed by atoms with Crippen LogP contribution in [0.15, 0.2) is 24.4 Å². The van der Waals surface area contributed by atoms with Gasteiger partial charge < -0.3 is 5.11 Å². The molecule has 1 heterocycles. The predicted molar refractivity (Wildman–Crippen MR) is 53.3 cm³/mol. The third-order valence-corrected chi connectivity index (χ3v) is 2.15. The predicted octanol–water partition coefficient (Wildman–Crippen LogP) is 1.46. The molecule has 0 amide bonds. The second-order valence-electron chi connectivity index (χ2n) is 3.22. The second-order valence-corrected chi connectivity index (χ2v) is 3.22. The summed E-state index contributed by atoms with van der Waals surface area (Å²) in [6, 6.07) is 4.42. The van der Waals surface area contributed by atoms with Gasteiger partial charge in [-0.25, -0.2) is 4.68 Å². The lowest BCUT2D eigenvalue weighted by Gasteiger charge is -2.05. The molecule has 0 saturated heterocycles. The van der Waals surface area contributed by atoms with Gasteiger partial charge in [0.15, 0.2) is 0 Å². The van der Waals surface area contributed by atoms with Gasteiger partial charge in [-0.3, -0.25) is 10.1 Å². The number of aromatic nitrogens is 2. The average Bonchev–Trinajstić information content (AvgIpc) is 2.59. The Bertz CT molecular complexity index is 518. The molecule has 0 saturated carbocycles. The van der Waals surface area contributed by atoms with Gasteiger partial charge in [-0.15, -0.1) is 0 Å². The van der Waals surface area contributed by atoms with Crippen LogP contribution in [-0.2, 0) is 0 Å². The summed E-state index contributed by atoms with van der Waals surface area (Å²) in [5.41, 5.74) is 0.545. The van der Waals surface area contributed by atoms with Crippen molar-refractivity contribution in [1.29, 1.82) is 0 Å². The van der Waals surface area contributed by atoms with Gasteiger partial charge in [0.05, 0.1) is 16.6 Å². The molecule has 0 fully saturated rings. The summed E-state index contributed by atoms with van der Waals surface area (Å²) in [5.74, 6) is 0. The molecule has 0 spiro atoms. The van der Waals surface area contributed by atoms with E-state index in [-0.39, 0.29) is 5.69 Å². The van der Waals surface area contributed by atoms with Crippen LogP contribution < -0.4 is 0 Å². The van der Waals surface area contributed by atoms with Crippen molar-refractivity contribution >= 4 is 16.6 Å². The van der Waals surface area contributed by atoms with Crippen LogP contribution in [0.4, 0.5) is 5.69 Å². The van der Waals surface area contributed by atoms with Crippen LogP contribution in [0.3, 0.4) is 0 Å². The molecule has 2 rings (SSSR count). The third kappa shape index (κ3) is 1.55. The zero-order valence-electron chi connectivity index (χ0n) is 7.99. The number of non-ortho nitro benzene ring substituents is 1. The Labute approximate surface area is 84.9 Å². The fraction of sp³-hybridized carbons (Fsp3) is 0.222. The molecule has 6 nitrogen and oxygen atoms in total. The van der Waals surface area contributed by atoms with Gasteiger partial charge in [0, 0.05) is 17.5 Å². The SMILES string of the molecule is CC(O)n1ncc2ccc([N+](=O)[O-])cc21. The van der Waals surface area contributed by atoms with Crippen molar-refractivity contribution in [3.8, 4) is 0 Å². The van der Waals surface area contributed by atoms with E-state index < -0.39 is 11.2 Å². The van der Waals surface area contributed by atoms with Crippen molar-refractivity contribution in [2.45, 2.75) is 13.2 Å². The van der Waals surface area contributed by atoms with Crippen LogP contribution in [0.1, 0.15) is 13.2 Å². The Morgan fingerprint density at radius 3 is 2.93 bits per heavy atom. The van der Waals surface area contributed by atoms with E-state index in [4.69, 9.17) is 0 Å². The van der Waals surface area contributed by atoms with E-state index in [0.29, 0.717) is 5.52 Å². The van der Waals surface area contributed by atoms with Crippen LogP contribution in [0.25, 0.3) is 10.9 Å². The summed E-state index contributed by atoms with van der Waals surface area (Å²) in [5, 5.41) is 24.6. The number of nitro groups is 1. The van der Waals surface area contributed by atoms with E-state index in [9.17, 15) is 15.2 Å². The van der Waals surface area contributed by atoms with E-state index in [1.54, 1.807) is 19.2 Å². The van der Waals surface area contributed by atoms with Crippen LogP contribution in [0, 0.1) is 10.1 Å². The molecule has 2 aromatic rings. The highest BCUT2D eigenvalue weighted by Crippen LogP contribution is 2.22. The molecular formula is C9H9N3O3. The van der Waals surface area contributed by atoms with E-state index in [2.05, 4.69) is 5.10 Å². The molecule has 0 bridgehead atoms. The van der Waals surface area contributed by atoms with Gasteiger partial charge in [0.2, 0.25) is 0 Å². The molecule has 6 heteroatoms. The minimum atomic E-state index is -0.801. The Morgan fingerprint density at radius 1 is 1.60 bits per heavy atom. The smallest absolute Gasteiger partial charge is 0.271 e. The largest absolute Gasteiger partial charge is 0.372 e. The normalized spacial score (nSPS) is 12.9. The highest BCUT2D eigenvalue weighted by molar-refractivity contribution is 5.81. The summed E-state index contributed by atoms with van der Waals surface area (Å²) in [6.07, 6.45) is 0.760. The first-order valence-electron chi connectivity index (χ1n) is 4.39. The molecule has 1 aromatic heterocycles. The first kappa shape index (κ1) is 9.60. The fourth-order valence-electron chi connectivity index (χ4n) is 1.44. The number of nitro benzene ring substituents is 1. The maximum Gasteiger partial charge on any atom is 0.271 e. The summed E-state index contributed by atoms with van der Waals surface area (Å²) >= 11 is 0. The van der Waals surface area contributed by atoms with E-state index >= 15 is 0 Å². The van der Waals surface area contributed by atoms with Crippen molar-refractivity contribution < 1.29 is 10.0 Å². The third-order valence-electron chi connectivity index (χ3n) is 2.15. The van der Waals surface area contributed by atoms with E-state index in [1.165, 1.54) is 16.8 Å². The summed E-state index contributed by atoms with van der Waals surface area (Å²) in [6.45, 7) is 1.55. The lowest BCUT2D eigenvalue weighted by atomic mass is 10.2. The number of hydrogen-bond acceptors (Lipinski definition) is 4. The van der Waals surface area contributed by atoms with Crippen LogP contribution in [0.2, 0.25) is 0 Å². The zero-order valence-corrected chi connectivity index (χ0v) is 7.99. The molecular weight excluding hydrogens is 198 g/mol. The van der Waals surface area contributed by atoms with Gasteiger partial charge >= 0.3 is 0 Å². The van der Waals surface area contributed by atoms with Crippen molar-refractivity contribution in [2.75, 3.05) is 0 Å². The maximum absolute atomic E-state index is 10.6. The molecule has 1 aromatic carbocycles. The average molecular weight is 207 g/mol. The summed E-state index contributed by atoms with van der Waals surface area (Å²) < 4.78 is 1.34. The standard InChI is InChI=1S/C9H9N3O3/c1-6(13)11-9-4-8(12(14)15)3-2-7(9)5-10-11/h2-6,13H,1H3. The van der Waals surface area contributed by atoms with Crippen LogP contribution in [-0.4, -0.2) is 19.8 Å². The van der Waals surface area contributed by atoms with Gasteiger partial charge in [-0.05, 0) is 13.0 Å². The lowest BCUT2D eigenvalue weighted by molar-refractivity contribution is -0.384. The molecule has 0 radical (unpaired) electrons. The van der Waals surface area contributed by atoms with E-state index in [1.807, 2.05) is 0 Å². The molecule has 78 valence electrons. The van der Waals surface area contributed by atoms with Gasteiger partial charge in [-0.2, -0.15) is 5.10 Å². The minimum absolute atomic E-state index is 0.00935. The topological polar surface area (TPSA) is 81.2 Å². The van der Waals surface area contributed by atoms with Crippen LogP contribution in [0.5, 0.6) is 0 Å². The summed E-state index contributed by atoms with van der Waals surface area (Å²) in [7, 11) is 0. The fourth-order valence-corrected chi connectivity index (χ4v) is 1.44. The quantitative estimate of drug-likeness (QED) is 0.597. The molecule has 0 aliphatic heterocycles. The van der Waals surface area contributed by atoms with Crippen molar-refractivity contribution in [3.05, 3.63) is 34.5 Å². The van der Waals surface area contributed by atoms with Crippen molar-refractivity contribution in [2.24, 2.45) is 0 Å². The second kappa shape index (κ2) is 3.32. The minimum Gasteiger partial charge on any atom is -0.372 e. The number of aliphatic hydroxyl groups is 1. The number of nitrogens with zero attached hydrogens (tertiary/aromatic N) is 3. The van der Waals surface area contributed by atoms with Crippen LogP contribution >= 0.6 is 0 Å².